The Morgan fingerprint density at radius 1 is 1.09 bits per heavy atom. The summed E-state index contributed by atoms with van der Waals surface area (Å²) in [5, 5.41) is 4.46. The highest BCUT2D eigenvalue weighted by molar-refractivity contribution is 7.99. The summed E-state index contributed by atoms with van der Waals surface area (Å²) >= 11 is 13.9. The number of carbonyl (C=O) groups is 2. The molecule has 2 aromatic carbocycles. The van der Waals surface area contributed by atoms with Crippen molar-refractivity contribution in [3.05, 3.63) is 64.1 Å². The molecule has 1 saturated carbocycles. The first kappa shape index (κ1) is 24.9. The van der Waals surface area contributed by atoms with E-state index in [1.54, 1.807) is 16.7 Å². The molecule has 0 bridgehead atoms. The number of nitrogens with one attached hydrogen (secondary N) is 1. The summed E-state index contributed by atoms with van der Waals surface area (Å²) < 4.78 is 0. The van der Waals surface area contributed by atoms with Gasteiger partial charge in [0, 0.05) is 39.7 Å². The monoisotopic (exact) mass is 492 g/mol. The lowest BCUT2D eigenvalue weighted by atomic mass is 10.1. The molecule has 1 N–H and O–H groups in total. The Balaban J connectivity index is 1.70. The quantitative estimate of drug-likeness (QED) is 0.393. The highest BCUT2D eigenvalue weighted by Crippen LogP contribution is 2.24. The zero-order chi connectivity index (χ0) is 22.9. The number of carbonyl (C=O) groups excluding carboxylic acids is 2. The number of halogens is 2. The van der Waals surface area contributed by atoms with Gasteiger partial charge >= 0.3 is 0 Å². The fourth-order valence-electron chi connectivity index (χ4n) is 4.03. The predicted octanol–water partition coefficient (Wildman–Crippen LogP) is 6.34. The number of nitrogens with zero attached hydrogens (tertiary/aromatic N) is 1. The summed E-state index contributed by atoms with van der Waals surface area (Å²) in [6.45, 7) is 2.27. The van der Waals surface area contributed by atoms with Gasteiger partial charge in [0.15, 0.2) is 0 Å². The predicted molar refractivity (Wildman–Crippen MR) is 133 cm³/mol. The van der Waals surface area contributed by atoms with Gasteiger partial charge < -0.3 is 10.2 Å². The lowest BCUT2D eigenvalue weighted by molar-refractivity contribution is -0.141. The molecule has 2 amide bonds. The summed E-state index contributed by atoms with van der Waals surface area (Å²) in [4.78, 5) is 29.2. The van der Waals surface area contributed by atoms with Gasteiger partial charge in [-0.25, -0.2) is 0 Å². The van der Waals surface area contributed by atoms with Crippen LogP contribution >= 0.6 is 35.0 Å². The average molecular weight is 494 g/mol. The molecule has 0 unspecified atom stereocenters. The third kappa shape index (κ3) is 7.16. The van der Waals surface area contributed by atoms with E-state index in [4.69, 9.17) is 23.2 Å². The van der Waals surface area contributed by atoms with Gasteiger partial charge in [0.2, 0.25) is 11.8 Å². The number of thioether (sulfide) groups is 1. The second kappa shape index (κ2) is 12.5. The minimum atomic E-state index is -0.514. The van der Waals surface area contributed by atoms with Crippen molar-refractivity contribution in [1.29, 1.82) is 0 Å². The summed E-state index contributed by atoms with van der Waals surface area (Å²) in [6, 6.07) is 14.8. The van der Waals surface area contributed by atoms with Crippen LogP contribution in [-0.2, 0) is 16.1 Å². The van der Waals surface area contributed by atoms with Crippen molar-refractivity contribution in [2.45, 2.75) is 69.0 Å². The van der Waals surface area contributed by atoms with E-state index in [-0.39, 0.29) is 17.9 Å². The Morgan fingerprint density at radius 2 is 1.78 bits per heavy atom. The second-order valence-corrected chi connectivity index (χ2v) is 10.1. The SMILES string of the molecule is CC[C@@H](C(=O)NC1CCCC1)N(Cc1ccccc1Cl)C(=O)CCSc1ccc(Cl)cc1. The maximum atomic E-state index is 13.3. The van der Waals surface area contributed by atoms with Crippen molar-refractivity contribution in [3.63, 3.8) is 0 Å². The van der Waals surface area contributed by atoms with Crippen LogP contribution in [0.2, 0.25) is 10.0 Å². The standard InChI is InChI=1S/C25H30Cl2N2O2S/c1-2-23(25(31)28-20-8-4-5-9-20)29(17-18-7-3-6-10-22(18)27)24(30)15-16-32-21-13-11-19(26)12-14-21/h3,6-7,10-14,20,23H,2,4-5,8-9,15-17H2,1H3,(H,28,31)/t23-/m0/s1. The van der Waals surface area contributed by atoms with Crippen LogP contribution < -0.4 is 5.32 Å². The molecule has 0 spiro atoms. The summed E-state index contributed by atoms with van der Waals surface area (Å²) in [5.74, 6) is 0.519. The molecule has 0 aromatic heterocycles. The van der Waals surface area contributed by atoms with Crippen LogP contribution in [0.1, 0.15) is 51.0 Å². The third-order valence-electron chi connectivity index (χ3n) is 5.78. The van der Waals surface area contributed by atoms with Crippen LogP contribution in [0, 0.1) is 0 Å². The van der Waals surface area contributed by atoms with Gasteiger partial charge in [-0.2, -0.15) is 0 Å². The number of amides is 2. The lowest BCUT2D eigenvalue weighted by Crippen LogP contribution is -2.51. The Labute approximate surface area is 205 Å². The van der Waals surface area contributed by atoms with E-state index in [9.17, 15) is 9.59 Å². The van der Waals surface area contributed by atoms with Crippen LogP contribution in [0.15, 0.2) is 53.4 Å². The lowest BCUT2D eigenvalue weighted by Gasteiger charge is -2.32. The molecule has 1 aliphatic carbocycles. The maximum Gasteiger partial charge on any atom is 0.243 e. The molecule has 4 nitrogen and oxygen atoms in total. The fraction of sp³-hybridized carbons (Fsp3) is 0.440. The first-order valence-corrected chi connectivity index (χ1v) is 12.9. The molecule has 0 aliphatic heterocycles. The Morgan fingerprint density at radius 3 is 2.44 bits per heavy atom. The number of hydrogen-bond acceptors (Lipinski definition) is 3. The smallest absolute Gasteiger partial charge is 0.243 e. The molecule has 2 aromatic rings. The third-order valence-corrected chi connectivity index (χ3v) is 7.42. The van der Waals surface area contributed by atoms with Crippen LogP contribution in [0.4, 0.5) is 0 Å². The van der Waals surface area contributed by atoms with Gasteiger partial charge in [-0.3, -0.25) is 9.59 Å². The van der Waals surface area contributed by atoms with Gasteiger partial charge in [-0.15, -0.1) is 11.8 Å². The van der Waals surface area contributed by atoms with Crippen LogP contribution in [-0.4, -0.2) is 34.6 Å². The highest BCUT2D eigenvalue weighted by atomic mass is 35.5. The number of rotatable bonds is 10. The molecule has 1 aliphatic rings. The van der Waals surface area contributed by atoms with Crippen LogP contribution in [0.25, 0.3) is 0 Å². The van der Waals surface area contributed by atoms with Crippen molar-refractivity contribution in [1.82, 2.24) is 10.2 Å². The van der Waals surface area contributed by atoms with Crippen molar-refractivity contribution in [2.24, 2.45) is 0 Å². The molecule has 32 heavy (non-hydrogen) atoms. The molecular weight excluding hydrogens is 463 g/mol. The van der Waals surface area contributed by atoms with E-state index in [0.717, 1.165) is 36.1 Å². The first-order chi connectivity index (χ1) is 15.5. The zero-order valence-electron chi connectivity index (χ0n) is 18.4. The Kier molecular flexibility index (Phi) is 9.76. The summed E-state index contributed by atoms with van der Waals surface area (Å²) in [7, 11) is 0. The van der Waals surface area contributed by atoms with Crippen molar-refractivity contribution >= 4 is 46.8 Å². The van der Waals surface area contributed by atoms with Gasteiger partial charge in [0.05, 0.1) is 0 Å². The number of benzene rings is 2. The van der Waals surface area contributed by atoms with E-state index in [1.165, 1.54) is 0 Å². The summed E-state index contributed by atoms with van der Waals surface area (Å²) in [5.41, 5.74) is 0.847. The molecule has 172 valence electrons. The van der Waals surface area contributed by atoms with Crippen LogP contribution in [0.5, 0.6) is 0 Å². The molecule has 0 heterocycles. The number of hydrogen-bond donors (Lipinski definition) is 1. The average Bonchev–Trinajstić information content (AvgIpc) is 3.29. The molecule has 1 atom stereocenters. The first-order valence-electron chi connectivity index (χ1n) is 11.2. The van der Waals surface area contributed by atoms with E-state index >= 15 is 0 Å². The molecule has 0 radical (unpaired) electrons. The molecule has 3 rings (SSSR count). The summed E-state index contributed by atoms with van der Waals surface area (Å²) in [6.07, 6.45) is 5.21. The van der Waals surface area contributed by atoms with E-state index < -0.39 is 6.04 Å². The van der Waals surface area contributed by atoms with Crippen molar-refractivity contribution in [2.75, 3.05) is 5.75 Å². The molecular formula is C25H30Cl2N2O2S. The Hall–Kier alpha value is -1.69. The van der Waals surface area contributed by atoms with Crippen molar-refractivity contribution in [3.8, 4) is 0 Å². The van der Waals surface area contributed by atoms with Gasteiger partial charge in [-0.1, -0.05) is 61.2 Å². The van der Waals surface area contributed by atoms with Crippen LogP contribution in [0.3, 0.4) is 0 Å². The van der Waals surface area contributed by atoms with Crippen molar-refractivity contribution < 1.29 is 9.59 Å². The molecule has 1 fully saturated rings. The fourth-order valence-corrected chi connectivity index (χ4v) is 5.19. The maximum absolute atomic E-state index is 13.3. The second-order valence-electron chi connectivity index (χ2n) is 8.08. The van der Waals surface area contributed by atoms with E-state index in [0.29, 0.717) is 35.2 Å². The van der Waals surface area contributed by atoms with Gasteiger partial charge in [0.1, 0.15) is 6.04 Å². The van der Waals surface area contributed by atoms with E-state index in [2.05, 4.69) is 5.32 Å². The topological polar surface area (TPSA) is 49.4 Å². The normalized spacial score (nSPS) is 14.8. The van der Waals surface area contributed by atoms with Gasteiger partial charge in [-0.05, 0) is 55.2 Å². The van der Waals surface area contributed by atoms with E-state index in [1.807, 2.05) is 55.5 Å². The largest absolute Gasteiger partial charge is 0.352 e. The zero-order valence-corrected chi connectivity index (χ0v) is 20.7. The molecule has 0 saturated heterocycles. The van der Waals surface area contributed by atoms with Gasteiger partial charge in [0.25, 0.3) is 0 Å². The highest BCUT2D eigenvalue weighted by Gasteiger charge is 2.30. The minimum absolute atomic E-state index is 0.0418. The molecule has 7 heteroatoms. The Bertz CT molecular complexity index is 901. The minimum Gasteiger partial charge on any atom is -0.352 e.